The van der Waals surface area contributed by atoms with Gasteiger partial charge >= 0.3 is 0 Å². The second-order valence-corrected chi connectivity index (χ2v) is 5.79. The van der Waals surface area contributed by atoms with Gasteiger partial charge in [0.1, 0.15) is 0 Å². The quantitative estimate of drug-likeness (QED) is 0.653. The first-order valence-electron chi connectivity index (χ1n) is 6.11. The fourth-order valence-electron chi connectivity index (χ4n) is 2.80. The van der Waals surface area contributed by atoms with Crippen LogP contribution in [0.15, 0.2) is 0 Å². The van der Waals surface area contributed by atoms with Crippen LogP contribution < -0.4 is 5.32 Å². The summed E-state index contributed by atoms with van der Waals surface area (Å²) in [6, 6.07) is 0.417. The smallest absolute Gasteiger partial charge is 0.0621 e. The highest BCUT2D eigenvalue weighted by Gasteiger charge is 2.47. The highest BCUT2D eigenvalue weighted by Crippen LogP contribution is 2.40. The Kier molecular flexibility index (Phi) is 3.06. The lowest BCUT2D eigenvalue weighted by Crippen LogP contribution is -2.60. The summed E-state index contributed by atoms with van der Waals surface area (Å²) in [5, 5.41) is 22.8. The predicted octanol–water partition coefficient (Wildman–Crippen LogP) is 0.896. The molecule has 0 saturated heterocycles. The Bertz CT molecular complexity index is 230. The number of aliphatic hydroxyl groups excluding tert-OH is 2. The number of hydrogen-bond donors (Lipinski definition) is 3. The molecule has 0 aromatic rings. The van der Waals surface area contributed by atoms with E-state index in [1.165, 1.54) is 0 Å². The van der Waals surface area contributed by atoms with Crippen molar-refractivity contribution in [3.63, 3.8) is 0 Å². The molecular weight excluding hydrogens is 190 g/mol. The Labute approximate surface area is 91.9 Å². The van der Waals surface area contributed by atoms with Crippen LogP contribution in [0.5, 0.6) is 0 Å². The third-order valence-corrected chi connectivity index (χ3v) is 4.46. The second kappa shape index (κ2) is 4.04. The molecule has 0 amide bonds. The van der Waals surface area contributed by atoms with Gasteiger partial charge in [-0.1, -0.05) is 20.3 Å². The van der Waals surface area contributed by atoms with Gasteiger partial charge < -0.3 is 15.5 Å². The summed E-state index contributed by atoms with van der Waals surface area (Å²) in [7, 11) is 0. The van der Waals surface area contributed by atoms with Gasteiger partial charge in [0.2, 0.25) is 0 Å². The summed E-state index contributed by atoms with van der Waals surface area (Å²) in [5.74, 6) is 0.429. The maximum Gasteiger partial charge on any atom is 0.0621 e. The van der Waals surface area contributed by atoms with Crippen LogP contribution in [-0.4, -0.2) is 35.0 Å². The number of aliphatic hydroxyl groups is 2. The van der Waals surface area contributed by atoms with Crippen molar-refractivity contribution < 1.29 is 10.2 Å². The van der Waals surface area contributed by atoms with E-state index in [1.54, 1.807) is 0 Å². The molecule has 2 aliphatic carbocycles. The van der Waals surface area contributed by atoms with E-state index in [9.17, 15) is 10.2 Å². The summed E-state index contributed by atoms with van der Waals surface area (Å²) < 4.78 is 0. The lowest BCUT2D eigenvalue weighted by Gasteiger charge is -2.50. The topological polar surface area (TPSA) is 52.5 Å². The summed E-state index contributed by atoms with van der Waals surface area (Å²) in [6.07, 6.45) is 3.85. The van der Waals surface area contributed by atoms with Gasteiger partial charge in [0, 0.05) is 18.0 Å². The van der Waals surface area contributed by atoms with Crippen LogP contribution >= 0.6 is 0 Å². The van der Waals surface area contributed by atoms with Gasteiger partial charge in [-0.15, -0.1) is 0 Å². The molecule has 0 bridgehead atoms. The Balaban J connectivity index is 1.75. The molecule has 2 fully saturated rings. The van der Waals surface area contributed by atoms with Crippen LogP contribution in [0.2, 0.25) is 0 Å². The molecule has 2 rings (SSSR count). The SMILES string of the molecule is CC1(C)C(O)CC1NCC1CCCC1O. The van der Waals surface area contributed by atoms with Gasteiger partial charge in [0.25, 0.3) is 0 Å². The van der Waals surface area contributed by atoms with E-state index in [2.05, 4.69) is 19.2 Å². The lowest BCUT2D eigenvalue weighted by atomic mass is 9.64. The first kappa shape index (κ1) is 11.4. The fourth-order valence-corrected chi connectivity index (χ4v) is 2.80. The molecule has 3 nitrogen and oxygen atoms in total. The molecule has 0 aliphatic heterocycles. The van der Waals surface area contributed by atoms with E-state index < -0.39 is 0 Å². The Morgan fingerprint density at radius 2 is 2.00 bits per heavy atom. The standard InChI is InChI=1S/C12H23NO2/c1-12(2)10(6-11(12)15)13-7-8-4-3-5-9(8)14/h8-11,13-15H,3-7H2,1-2H3. The van der Waals surface area contributed by atoms with Crippen molar-refractivity contribution in [3.8, 4) is 0 Å². The molecule has 3 heteroatoms. The van der Waals surface area contributed by atoms with Crippen LogP contribution in [0, 0.1) is 11.3 Å². The van der Waals surface area contributed by atoms with Crippen LogP contribution in [-0.2, 0) is 0 Å². The summed E-state index contributed by atoms with van der Waals surface area (Å²) in [5.41, 5.74) is 0.00353. The molecule has 2 aliphatic rings. The lowest BCUT2D eigenvalue weighted by molar-refractivity contribution is -0.0742. The maximum atomic E-state index is 9.69. The van der Waals surface area contributed by atoms with E-state index in [0.29, 0.717) is 12.0 Å². The average Bonchev–Trinajstić information content (AvgIpc) is 2.58. The minimum Gasteiger partial charge on any atom is -0.393 e. The maximum absolute atomic E-state index is 9.69. The van der Waals surface area contributed by atoms with Crippen molar-refractivity contribution in [2.75, 3.05) is 6.54 Å². The molecule has 2 saturated carbocycles. The van der Waals surface area contributed by atoms with E-state index in [4.69, 9.17) is 0 Å². The minimum atomic E-state index is -0.163. The van der Waals surface area contributed by atoms with E-state index in [0.717, 1.165) is 32.2 Å². The molecular formula is C12H23NO2. The molecule has 15 heavy (non-hydrogen) atoms. The molecule has 0 heterocycles. The molecule has 0 radical (unpaired) electrons. The first-order valence-corrected chi connectivity index (χ1v) is 6.11. The molecule has 4 unspecified atom stereocenters. The Hall–Kier alpha value is -0.120. The molecule has 0 aromatic heterocycles. The van der Waals surface area contributed by atoms with Gasteiger partial charge in [-0.05, 0) is 25.2 Å². The molecule has 3 N–H and O–H groups in total. The van der Waals surface area contributed by atoms with Gasteiger partial charge in [-0.2, -0.15) is 0 Å². The van der Waals surface area contributed by atoms with Crippen LogP contribution in [0.1, 0.15) is 39.5 Å². The van der Waals surface area contributed by atoms with Crippen LogP contribution in [0.3, 0.4) is 0 Å². The highest BCUT2D eigenvalue weighted by molar-refractivity contribution is 5.02. The third kappa shape index (κ3) is 2.05. The largest absolute Gasteiger partial charge is 0.393 e. The Morgan fingerprint density at radius 3 is 2.47 bits per heavy atom. The van der Waals surface area contributed by atoms with E-state index >= 15 is 0 Å². The normalized spacial score (nSPS) is 44.0. The summed E-state index contributed by atoms with van der Waals surface area (Å²) >= 11 is 0. The molecule has 88 valence electrons. The second-order valence-electron chi connectivity index (χ2n) is 5.79. The van der Waals surface area contributed by atoms with Crippen molar-refractivity contribution in [2.24, 2.45) is 11.3 Å². The van der Waals surface area contributed by atoms with Gasteiger partial charge in [0.05, 0.1) is 12.2 Å². The zero-order valence-corrected chi connectivity index (χ0v) is 9.74. The summed E-state index contributed by atoms with van der Waals surface area (Å²) in [6.45, 7) is 5.11. The summed E-state index contributed by atoms with van der Waals surface area (Å²) in [4.78, 5) is 0. The molecule has 0 aromatic carbocycles. The van der Waals surface area contributed by atoms with Crippen molar-refractivity contribution in [1.29, 1.82) is 0 Å². The van der Waals surface area contributed by atoms with E-state index in [1.807, 2.05) is 0 Å². The zero-order valence-electron chi connectivity index (χ0n) is 9.74. The molecule has 4 atom stereocenters. The Morgan fingerprint density at radius 1 is 1.27 bits per heavy atom. The van der Waals surface area contributed by atoms with Crippen molar-refractivity contribution >= 4 is 0 Å². The first-order chi connectivity index (χ1) is 7.01. The number of nitrogens with one attached hydrogen (secondary N) is 1. The third-order valence-electron chi connectivity index (χ3n) is 4.46. The van der Waals surface area contributed by atoms with Crippen LogP contribution in [0.4, 0.5) is 0 Å². The number of hydrogen-bond acceptors (Lipinski definition) is 3. The van der Waals surface area contributed by atoms with Crippen molar-refractivity contribution in [2.45, 2.75) is 57.8 Å². The van der Waals surface area contributed by atoms with Crippen LogP contribution in [0.25, 0.3) is 0 Å². The fraction of sp³-hybridized carbons (Fsp3) is 1.00. The van der Waals surface area contributed by atoms with E-state index in [-0.39, 0.29) is 17.6 Å². The molecule has 0 spiro atoms. The van der Waals surface area contributed by atoms with Crippen molar-refractivity contribution in [1.82, 2.24) is 5.32 Å². The zero-order chi connectivity index (χ0) is 11.1. The van der Waals surface area contributed by atoms with Gasteiger partial charge in [-0.25, -0.2) is 0 Å². The minimum absolute atomic E-state index is 0.00353. The number of rotatable bonds is 3. The average molecular weight is 213 g/mol. The van der Waals surface area contributed by atoms with Crippen molar-refractivity contribution in [3.05, 3.63) is 0 Å². The van der Waals surface area contributed by atoms with Gasteiger partial charge in [-0.3, -0.25) is 0 Å². The highest BCUT2D eigenvalue weighted by atomic mass is 16.3. The predicted molar refractivity (Wildman–Crippen MR) is 59.5 cm³/mol. The van der Waals surface area contributed by atoms with Gasteiger partial charge in [0.15, 0.2) is 0 Å². The monoisotopic (exact) mass is 213 g/mol.